The van der Waals surface area contributed by atoms with Gasteiger partial charge in [-0.05, 0) is 24.3 Å². The third-order valence-electron chi connectivity index (χ3n) is 2.95. The Kier molecular flexibility index (Phi) is 3.22. The fourth-order valence-electron chi connectivity index (χ4n) is 1.98. The van der Waals surface area contributed by atoms with Crippen molar-refractivity contribution in [3.63, 3.8) is 0 Å². The smallest absolute Gasteiger partial charge is 0.153 e. The van der Waals surface area contributed by atoms with E-state index in [-0.39, 0.29) is 0 Å². The van der Waals surface area contributed by atoms with Crippen LogP contribution in [0, 0.1) is 0 Å². The molecule has 3 rings (SSSR count). The number of hydrogen-bond donors (Lipinski definition) is 2. The highest BCUT2D eigenvalue weighted by molar-refractivity contribution is 5.64. The Balaban J connectivity index is 1.94. The third-order valence-corrected chi connectivity index (χ3v) is 2.95. The van der Waals surface area contributed by atoms with E-state index in [1.54, 1.807) is 11.6 Å². The van der Waals surface area contributed by atoms with Gasteiger partial charge in [0.1, 0.15) is 5.75 Å². The van der Waals surface area contributed by atoms with Crippen LogP contribution in [0.4, 0.5) is 11.5 Å². The zero-order valence-electron chi connectivity index (χ0n) is 11.1. The minimum absolute atomic E-state index is 0.401. The van der Waals surface area contributed by atoms with Gasteiger partial charge in [0.2, 0.25) is 0 Å². The highest BCUT2D eigenvalue weighted by Gasteiger charge is 2.05. The molecule has 0 atom stereocenters. The van der Waals surface area contributed by atoms with Crippen molar-refractivity contribution in [1.29, 1.82) is 0 Å². The Hall–Kier alpha value is -2.60. The average Bonchev–Trinajstić information content (AvgIpc) is 2.90. The maximum atomic E-state index is 5.58. The molecule has 0 aliphatic carbocycles. The van der Waals surface area contributed by atoms with Gasteiger partial charge in [-0.2, -0.15) is 0 Å². The quantitative estimate of drug-likeness (QED) is 0.757. The van der Waals surface area contributed by atoms with Gasteiger partial charge in [-0.1, -0.05) is 12.1 Å². The summed E-state index contributed by atoms with van der Waals surface area (Å²) < 4.78 is 7.01. The number of benzene rings is 1. The normalized spacial score (nSPS) is 10.7. The lowest BCUT2D eigenvalue weighted by atomic mass is 10.3. The minimum Gasteiger partial charge on any atom is -0.495 e. The van der Waals surface area contributed by atoms with Gasteiger partial charge in [0.15, 0.2) is 11.5 Å². The first-order chi connectivity index (χ1) is 9.80. The summed E-state index contributed by atoms with van der Waals surface area (Å²) in [6, 6.07) is 11.4. The van der Waals surface area contributed by atoms with Crippen molar-refractivity contribution < 1.29 is 4.74 Å². The molecule has 20 heavy (non-hydrogen) atoms. The predicted octanol–water partition coefficient (Wildman–Crippen LogP) is 1.94. The fraction of sp³-hybridized carbons (Fsp3) is 0.143. The number of nitrogens with one attached hydrogen (secondary N) is 1. The van der Waals surface area contributed by atoms with Crippen LogP contribution in [0.2, 0.25) is 0 Å². The molecule has 0 aliphatic heterocycles. The molecule has 6 heteroatoms. The van der Waals surface area contributed by atoms with Gasteiger partial charge in [-0.15, -0.1) is 5.10 Å². The monoisotopic (exact) mass is 269 g/mol. The summed E-state index contributed by atoms with van der Waals surface area (Å²) in [6.45, 7) is 0.401. The lowest BCUT2D eigenvalue weighted by molar-refractivity contribution is 0.417. The van der Waals surface area contributed by atoms with E-state index in [1.807, 2.05) is 42.6 Å². The van der Waals surface area contributed by atoms with Crippen LogP contribution in [0.5, 0.6) is 5.75 Å². The van der Waals surface area contributed by atoms with Crippen molar-refractivity contribution in [1.82, 2.24) is 14.6 Å². The van der Waals surface area contributed by atoms with Crippen LogP contribution in [-0.4, -0.2) is 21.7 Å². The standard InChI is InChI=1S/C14H15N5O/c1-20-12-5-3-2-4-11(12)17-13-6-7-14-16-10(8-15)9-19(14)18-13/h2-7,9H,8,15H2,1H3,(H,17,18). The van der Waals surface area contributed by atoms with Crippen molar-refractivity contribution in [2.75, 3.05) is 12.4 Å². The van der Waals surface area contributed by atoms with Crippen LogP contribution >= 0.6 is 0 Å². The molecule has 0 spiro atoms. The summed E-state index contributed by atoms with van der Waals surface area (Å²) in [4.78, 5) is 4.34. The molecule has 3 aromatic rings. The Morgan fingerprint density at radius 2 is 2.10 bits per heavy atom. The Morgan fingerprint density at radius 1 is 1.25 bits per heavy atom. The highest BCUT2D eigenvalue weighted by Crippen LogP contribution is 2.26. The van der Waals surface area contributed by atoms with Gasteiger partial charge in [-0.3, -0.25) is 0 Å². The number of aromatic nitrogens is 3. The molecule has 3 N–H and O–H groups in total. The lowest BCUT2D eigenvalue weighted by Crippen LogP contribution is -1.99. The van der Waals surface area contributed by atoms with E-state index in [0.29, 0.717) is 12.4 Å². The van der Waals surface area contributed by atoms with E-state index in [1.165, 1.54) is 0 Å². The van der Waals surface area contributed by atoms with Crippen molar-refractivity contribution in [3.05, 3.63) is 48.3 Å². The summed E-state index contributed by atoms with van der Waals surface area (Å²) in [5.74, 6) is 1.48. The van der Waals surface area contributed by atoms with Crippen molar-refractivity contribution in [2.24, 2.45) is 5.73 Å². The summed E-state index contributed by atoms with van der Waals surface area (Å²) in [7, 11) is 1.64. The first-order valence-electron chi connectivity index (χ1n) is 6.25. The Bertz CT molecular complexity index is 737. The van der Waals surface area contributed by atoms with Crippen molar-refractivity contribution in [2.45, 2.75) is 6.54 Å². The number of imidazole rings is 1. The van der Waals surface area contributed by atoms with E-state index < -0.39 is 0 Å². The molecule has 0 unspecified atom stereocenters. The number of fused-ring (bicyclic) bond motifs is 1. The maximum absolute atomic E-state index is 5.58. The van der Waals surface area contributed by atoms with Crippen LogP contribution in [0.25, 0.3) is 5.65 Å². The van der Waals surface area contributed by atoms with Gasteiger partial charge < -0.3 is 15.8 Å². The first-order valence-corrected chi connectivity index (χ1v) is 6.25. The van der Waals surface area contributed by atoms with E-state index in [9.17, 15) is 0 Å². The van der Waals surface area contributed by atoms with Gasteiger partial charge in [0.05, 0.1) is 24.7 Å². The zero-order chi connectivity index (χ0) is 13.9. The molecule has 102 valence electrons. The number of para-hydroxylation sites is 2. The number of hydrogen-bond acceptors (Lipinski definition) is 5. The number of rotatable bonds is 4. The molecule has 0 amide bonds. The van der Waals surface area contributed by atoms with E-state index >= 15 is 0 Å². The number of anilines is 2. The topological polar surface area (TPSA) is 77.5 Å². The second-order valence-corrected chi connectivity index (χ2v) is 4.28. The minimum atomic E-state index is 0.401. The van der Waals surface area contributed by atoms with Crippen LogP contribution in [0.15, 0.2) is 42.6 Å². The highest BCUT2D eigenvalue weighted by atomic mass is 16.5. The number of nitrogens with zero attached hydrogens (tertiary/aromatic N) is 3. The molecule has 1 aromatic carbocycles. The van der Waals surface area contributed by atoms with E-state index in [4.69, 9.17) is 10.5 Å². The van der Waals surface area contributed by atoms with Crippen LogP contribution in [-0.2, 0) is 6.54 Å². The van der Waals surface area contributed by atoms with Gasteiger partial charge in [0.25, 0.3) is 0 Å². The van der Waals surface area contributed by atoms with E-state index in [0.717, 1.165) is 22.8 Å². The molecule has 2 heterocycles. The number of nitrogens with two attached hydrogens (primary N) is 1. The molecule has 2 aromatic heterocycles. The molecule has 0 fully saturated rings. The van der Waals surface area contributed by atoms with Gasteiger partial charge in [-0.25, -0.2) is 9.50 Å². The van der Waals surface area contributed by atoms with Gasteiger partial charge in [0, 0.05) is 6.54 Å². The predicted molar refractivity (Wildman–Crippen MR) is 77.2 cm³/mol. The van der Waals surface area contributed by atoms with Crippen LogP contribution < -0.4 is 15.8 Å². The van der Waals surface area contributed by atoms with Crippen LogP contribution in [0.1, 0.15) is 5.69 Å². The summed E-state index contributed by atoms with van der Waals surface area (Å²) >= 11 is 0. The van der Waals surface area contributed by atoms with Crippen molar-refractivity contribution >= 4 is 17.2 Å². The Labute approximate surface area is 116 Å². The second-order valence-electron chi connectivity index (χ2n) is 4.28. The number of methoxy groups -OCH3 is 1. The molecular formula is C14H15N5O. The fourth-order valence-corrected chi connectivity index (χ4v) is 1.98. The van der Waals surface area contributed by atoms with E-state index in [2.05, 4.69) is 15.4 Å². The molecule has 6 nitrogen and oxygen atoms in total. The first kappa shape index (κ1) is 12.4. The zero-order valence-corrected chi connectivity index (χ0v) is 11.1. The lowest BCUT2D eigenvalue weighted by Gasteiger charge is -2.09. The second kappa shape index (κ2) is 5.18. The molecule has 0 aliphatic rings. The molecule has 0 saturated carbocycles. The SMILES string of the molecule is COc1ccccc1Nc1ccc2nc(CN)cn2n1. The summed E-state index contributed by atoms with van der Waals surface area (Å²) in [5, 5.41) is 7.67. The summed E-state index contributed by atoms with van der Waals surface area (Å²) in [6.07, 6.45) is 1.82. The molecule has 0 saturated heterocycles. The maximum Gasteiger partial charge on any atom is 0.153 e. The van der Waals surface area contributed by atoms with Crippen LogP contribution in [0.3, 0.4) is 0 Å². The van der Waals surface area contributed by atoms with Crippen molar-refractivity contribution in [3.8, 4) is 5.75 Å². The average molecular weight is 269 g/mol. The Morgan fingerprint density at radius 3 is 2.90 bits per heavy atom. The third kappa shape index (κ3) is 2.28. The summed E-state index contributed by atoms with van der Waals surface area (Å²) in [5.41, 5.74) is 8.03. The largest absolute Gasteiger partial charge is 0.495 e. The molecular weight excluding hydrogens is 254 g/mol. The van der Waals surface area contributed by atoms with Gasteiger partial charge >= 0.3 is 0 Å². The number of ether oxygens (including phenoxy) is 1. The molecule has 0 radical (unpaired) electrons. The molecule has 0 bridgehead atoms.